The summed E-state index contributed by atoms with van der Waals surface area (Å²) in [5, 5.41) is 0.509. The molecule has 1 aromatic heterocycles. The maximum atomic E-state index is 6.26. The van der Waals surface area contributed by atoms with Crippen molar-refractivity contribution >= 4 is 17.6 Å². The highest BCUT2D eigenvalue weighted by molar-refractivity contribution is 8.00. The topological polar surface area (TPSA) is 64.9 Å². The van der Waals surface area contributed by atoms with E-state index in [-0.39, 0.29) is 6.04 Å². The molecular weight excluding hydrogens is 206 g/mol. The summed E-state index contributed by atoms with van der Waals surface area (Å²) in [6.45, 7) is 2.05. The fourth-order valence-corrected chi connectivity index (χ4v) is 3.41. The molecule has 0 radical (unpaired) electrons. The maximum Gasteiger partial charge on any atom is 0.128 e. The molecule has 0 amide bonds. The zero-order chi connectivity index (χ0) is 10.8. The molecule has 4 heteroatoms. The molecule has 0 aromatic carbocycles. The standard InChI is InChI=1S/C11H17N3S/c1-7-4-5-14-11(13)9(7)10(12)8-3-2-6-15-8/h4-5,8,10H,2-3,6,12H2,1H3,(H2,13,14). The van der Waals surface area contributed by atoms with Crippen LogP contribution in [0, 0.1) is 6.92 Å². The first-order valence-corrected chi connectivity index (χ1v) is 6.33. The Morgan fingerprint density at radius 3 is 3.00 bits per heavy atom. The lowest BCUT2D eigenvalue weighted by Gasteiger charge is -2.21. The summed E-state index contributed by atoms with van der Waals surface area (Å²) in [4.78, 5) is 4.12. The van der Waals surface area contributed by atoms with E-state index < -0.39 is 0 Å². The molecule has 2 rings (SSSR count). The van der Waals surface area contributed by atoms with Crippen LogP contribution in [0.2, 0.25) is 0 Å². The van der Waals surface area contributed by atoms with Crippen molar-refractivity contribution in [1.29, 1.82) is 0 Å². The van der Waals surface area contributed by atoms with Gasteiger partial charge < -0.3 is 11.5 Å². The molecule has 1 fully saturated rings. The second-order valence-corrected chi connectivity index (χ2v) is 5.35. The van der Waals surface area contributed by atoms with Gasteiger partial charge in [-0.1, -0.05) is 0 Å². The number of hydrogen-bond acceptors (Lipinski definition) is 4. The van der Waals surface area contributed by atoms with E-state index in [1.54, 1.807) is 6.20 Å². The van der Waals surface area contributed by atoms with E-state index in [9.17, 15) is 0 Å². The summed E-state index contributed by atoms with van der Waals surface area (Å²) in [5.74, 6) is 1.81. The van der Waals surface area contributed by atoms with E-state index in [2.05, 4.69) is 4.98 Å². The van der Waals surface area contributed by atoms with Crippen molar-refractivity contribution in [2.75, 3.05) is 11.5 Å². The smallest absolute Gasteiger partial charge is 0.128 e. The Kier molecular flexibility index (Phi) is 3.17. The summed E-state index contributed by atoms with van der Waals surface area (Å²) < 4.78 is 0. The lowest BCUT2D eigenvalue weighted by molar-refractivity contribution is 0.642. The van der Waals surface area contributed by atoms with E-state index in [4.69, 9.17) is 11.5 Å². The van der Waals surface area contributed by atoms with Crippen molar-refractivity contribution in [3.8, 4) is 0 Å². The van der Waals surface area contributed by atoms with Crippen molar-refractivity contribution in [3.63, 3.8) is 0 Å². The van der Waals surface area contributed by atoms with E-state index >= 15 is 0 Å². The van der Waals surface area contributed by atoms with Gasteiger partial charge in [0.25, 0.3) is 0 Å². The van der Waals surface area contributed by atoms with Crippen LogP contribution >= 0.6 is 11.8 Å². The van der Waals surface area contributed by atoms with E-state index in [0.29, 0.717) is 11.1 Å². The van der Waals surface area contributed by atoms with Gasteiger partial charge in [0.05, 0.1) is 0 Å². The summed E-state index contributed by atoms with van der Waals surface area (Å²) in [5.41, 5.74) is 14.3. The molecule has 82 valence electrons. The van der Waals surface area contributed by atoms with Crippen molar-refractivity contribution in [3.05, 3.63) is 23.4 Å². The van der Waals surface area contributed by atoms with Crippen LogP contribution in [0.5, 0.6) is 0 Å². The van der Waals surface area contributed by atoms with Crippen LogP contribution in [-0.4, -0.2) is 16.0 Å². The normalized spacial score (nSPS) is 22.9. The number of thioether (sulfide) groups is 1. The minimum atomic E-state index is 0.0335. The average molecular weight is 223 g/mol. The molecule has 0 spiro atoms. The molecule has 3 nitrogen and oxygen atoms in total. The molecule has 1 aliphatic rings. The molecule has 2 unspecified atom stereocenters. The molecule has 0 aliphatic carbocycles. The summed E-state index contributed by atoms with van der Waals surface area (Å²) >= 11 is 1.95. The number of rotatable bonds is 2. The molecule has 4 N–H and O–H groups in total. The predicted molar refractivity (Wildman–Crippen MR) is 65.8 cm³/mol. The van der Waals surface area contributed by atoms with Crippen molar-refractivity contribution < 1.29 is 0 Å². The predicted octanol–water partition coefficient (Wildman–Crippen LogP) is 1.87. The zero-order valence-electron chi connectivity index (χ0n) is 8.94. The molecule has 1 saturated heterocycles. The van der Waals surface area contributed by atoms with Crippen LogP contribution in [-0.2, 0) is 0 Å². The summed E-state index contributed by atoms with van der Waals surface area (Å²) in [7, 11) is 0. The van der Waals surface area contributed by atoms with Gasteiger partial charge >= 0.3 is 0 Å². The average Bonchev–Trinajstić information content (AvgIpc) is 2.69. The lowest BCUT2D eigenvalue weighted by atomic mass is 9.98. The highest BCUT2D eigenvalue weighted by atomic mass is 32.2. The first-order valence-electron chi connectivity index (χ1n) is 5.28. The summed E-state index contributed by atoms with van der Waals surface area (Å²) in [6, 6.07) is 2.01. The quantitative estimate of drug-likeness (QED) is 0.803. The first-order chi connectivity index (χ1) is 7.20. The Balaban J connectivity index is 2.27. The van der Waals surface area contributed by atoms with Gasteiger partial charge in [-0.15, -0.1) is 0 Å². The number of aryl methyl sites for hydroxylation is 1. The van der Waals surface area contributed by atoms with Gasteiger partial charge in [0.2, 0.25) is 0 Å². The van der Waals surface area contributed by atoms with E-state index in [1.807, 2.05) is 24.8 Å². The number of pyridine rings is 1. The minimum absolute atomic E-state index is 0.0335. The Labute approximate surface area is 94.6 Å². The molecule has 1 aromatic rings. The molecular formula is C11H17N3S. The molecule has 15 heavy (non-hydrogen) atoms. The molecule has 2 heterocycles. The van der Waals surface area contributed by atoms with Crippen LogP contribution < -0.4 is 11.5 Å². The number of nitrogen functional groups attached to an aromatic ring is 1. The van der Waals surface area contributed by atoms with Crippen LogP contribution in [0.1, 0.15) is 30.0 Å². The highest BCUT2D eigenvalue weighted by Gasteiger charge is 2.26. The van der Waals surface area contributed by atoms with Gasteiger partial charge in [-0.25, -0.2) is 4.98 Å². The fraction of sp³-hybridized carbons (Fsp3) is 0.545. The molecule has 0 saturated carbocycles. The van der Waals surface area contributed by atoms with Gasteiger partial charge in [0, 0.05) is 23.1 Å². The van der Waals surface area contributed by atoms with Crippen LogP contribution in [0.15, 0.2) is 12.3 Å². The second kappa shape index (κ2) is 4.41. The van der Waals surface area contributed by atoms with Crippen molar-refractivity contribution in [2.24, 2.45) is 5.73 Å². The van der Waals surface area contributed by atoms with Gasteiger partial charge in [0.1, 0.15) is 5.82 Å². The third-order valence-corrected chi connectivity index (χ3v) is 4.42. The van der Waals surface area contributed by atoms with Crippen molar-refractivity contribution in [2.45, 2.75) is 31.1 Å². The van der Waals surface area contributed by atoms with Gasteiger partial charge in [0.15, 0.2) is 0 Å². The van der Waals surface area contributed by atoms with Crippen LogP contribution in [0.4, 0.5) is 5.82 Å². The Morgan fingerprint density at radius 1 is 1.60 bits per heavy atom. The van der Waals surface area contributed by atoms with Gasteiger partial charge in [-0.05, 0) is 37.1 Å². The third kappa shape index (κ3) is 2.11. The Hall–Kier alpha value is -0.740. The lowest BCUT2D eigenvalue weighted by Crippen LogP contribution is -2.24. The second-order valence-electron chi connectivity index (χ2n) is 4.00. The highest BCUT2D eigenvalue weighted by Crippen LogP contribution is 2.36. The number of aromatic nitrogens is 1. The van der Waals surface area contributed by atoms with Crippen LogP contribution in [0.3, 0.4) is 0 Å². The molecule has 1 aliphatic heterocycles. The molecule has 2 atom stereocenters. The number of hydrogen-bond donors (Lipinski definition) is 2. The number of nitrogens with two attached hydrogens (primary N) is 2. The third-order valence-electron chi connectivity index (χ3n) is 2.94. The maximum absolute atomic E-state index is 6.26. The monoisotopic (exact) mass is 223 g/mol. The Bertz CT molecular complexity index is 327. The molecule has 0 bridgehead atoms. The Morgan fingerprint density at radius 2 is 2.40 bits per heavy atom. The van der Waals surface area contributed by atoms with E-state index in [1.165, 1.54) is 18.6 Å². The first kappa shape index (κ1) is 10.8. The summed E-state index contributed by atoms with van der Waals surface area (Å²) in [6.07, 6.45) is 4.20. The van der Waals surface area contributed by atoms with Gasteiger partial charge in [-0.3, -0.25) is 0 Å². The number of nitrogens with zero attached hydrogens (tertiary/aromatic N) is 1. The van der Waals surface area contributed by atoms with Gasteiger partial charge in [-0.2, -0.15) is 11.8 Å². The number of anilines is 1. The van der Waals surface area contributed by atoms with Crippen molar-refractivity contribution in [1.82, 2.24) is 4.98 Å². The fourth-order valence-electron chi connectivity index (χ4n) is 2.10. The SMILES string of the molecule is Cc1ccnc(N)c1C(N)C1CCCS1. The van der Waals surface area contributed by atoms with Crippen LogP contribution in [0.25, 0.3) is 0 Å². The van der Waals surface area contributed by atoms with E-state index in [0.717, 1.165) is 11.1 Å². The minimum Gasteiger partial charge on any atom is -0.383 e. The largest absolute Gasteiger partial charge is 0.383 e. The zero-order valence-corrected chi connectivity index (χ0v) is 9.76.